The Hall–Kier alpha value is -2.47. The number of nitrogens with zero attached hydrogens (tertiary/aromatic N) is 1. The van der Waals surface area contributed by atoms with E-state index < -0.39 is 6.04 Å². The predicted molar refractivity (Wildman–Crippen MR) is 156 cm³/mol. The number of aryl methyl sites for hydroxylation is 1. The van der Waals surface area contributed by atoms with Gasteiger partial charge in [-0.1, -0.05) is 96.4 Å². The van der Waals surface area contributed by atoms with Gasteiger partial charge in [0.1, 0.15) is 6.04 Å². The summed E-state index contributed by atoms with van der Waals surface area (Å²) < 4.78 is 0. The second-order valence-electron chi connectivity index (χ2n) is 9.27. The Morgan fingerprint density at radius 3 is 2.24 bits per heavy atom. The van der Waals surface area contributed by atoms with Gasteiger partial charge in [-0.3, -0.25) is 9.59 Å². The van der Waals surface area contributed by atoms with Crippen LogP contribution in [0.4, 0.5) is 0 Å². The predicted octanol–water partition coefficient (Wildman–Crippen LogP) is 7.09. The highest BCUT2D eigenvalue weighted by Gasteiger charge is 2.30. The molecule has 4 nitrogen and oxygen atoms in total. The van der Waals surface area contributed by atoms with E-state index in [9.17, 15) is 9.59 Å². The van der Waals surface area contributed by atoms with E-state index in [1.807, 2.05) is 87.5 Å². The van der Waals surface area contributed by atoms with Gasteiger partial charge in [0.05, 0.1) is 15.8 Å². The van der Waals surface area contributed by atoms with E-state index in [0.717, 1.165) is 28.7 Å². The Labute approximate surface area is 234 Å². The molecule has 2 atom stereocenters. The van der Waals surface area contributed by atoms with Crippen molar-refractivity contribution < 1.29 is 9.59 Å². The maximum absolute atomic E-state index is 13.7. The van der Waals surface area contributed by atoms with Gasteiger partial charge in [-0.05, 0) is 49.1 Å². The number of carbonyl (C=O) groups is 2. The zero-order valence-corrected chi connectivity index (χ0v) is 23.9. The van der Waals surface area contributed by atoms with Gasteiger partial charge in [0.15, 0.2) is 0 Å². The Bertz CT molecular complexity index is 1170. The molecule has 0 unspecified atom stereocenters. The summed E-state index contributed by atoms with van der Waals surface area (Å²) >= 11 is 13.7. The summed E-state index contributed by atoms with van der Waals surface area (Å²) in [6.07, 6.45) is 1.26. The van der Waals surface area contributed by atoms with Crippen molar-refractivity contribution in [3.05, 3.63) is 105 Å². The van der Waals surface area contributed by atoms with E-state index in [1.54, 1.807) is 11.0 Å². The minimum Gasteiger partial charge on any atom is -0.352 e. The molecule has 37 heavy (non-hydrogen) atoms. The van der Waals surface area contributed by atoms with Gasteiger partial charge in [-0.15, -0.1) is 11.8 Å². The van der Waals surface area contributed by atoms with Crippen molar-refractivity contribution in [2.24, 2.45) is 0 Å². The van der Waals surface area contributed by atoms with Crippen LogP contribution >= 0.6 is 35.0 Å². The quantitative estimate of drug-likeness (QED) is 0.259. The van der Waals surface area contributed by atoms with Crippen molar-refractivity contribution in [1.82, 2.24) is 10.2 Å². The van der Waals surface area contributed by atoms with Gasteiger partial charge in [0.2, 0.25) is 11.8 Å². The number of carbonyl (C=O) groups excluding carboxylic acids is 2. The third kappa shape index (κ3) is 9.10. The largest absolute Gasteiger partial charge is 0.352 e. The Morgan fingerprint density at radius 2 is 1.59 bits per heavy atom. The van der Waals surface area contributed by atoms with Crippen molar-refractivity contribution >= 4 is 46.8 Å². The zero-order valence-electron chi connectivity index (χ0n) is 21.5. The van der Waals surface area contributed by atoms with Crippen molar-refractivity contribution in [1.29, 1.82) is 0 Å². The fraction of sp³-hybridized carbons (Fsp3) is 0.333. The SMILES string of the molecule is CC[C@H](C)NC(=O)[C@H](Cc1ccccc1)N(Cc1ccc(C)cc1)C(=O)CSCc1ccc(Cl)c(Cl)c1. The number of halogens is 2. The molecule has 3 aromatic carbocycles. The smallest absolute Gasteiger partial charge is 0.243 e. The van der Waals surface area contributed by atoms with Gasteiger partial charge < -0.3 is 10.2 Å². The van der Waals surface area contributed by atoms with E-state index in [1.165, 1.54) is 11.8 Å². The number of nitrogens with one attached hydrogen (secondary N) is 1. The van der Waals surface area contributed by atoms with Crippen LogP contribution in [-0.4, -0.2) is 34.6 Å². The van der Waals surface area contributed by atoms with E-state index in [0.29, 0.717) is 28.8 Å². The number of hydrogen-bond acceptors (Lipinski definition) is 3. The second kappa shape index (κ2) is 14.5. The Balaban J connectivity index is 1.84. The number of rotatable bonds is 12. The number of hydrogen-bond donors (Lipinski definition) is 1. The lowest BCUT2D eigenvalue weighted by Gasteiger charge is -2.32. The van der Waals surface area contributed by atoms with Gasteiger partial charge in [0.25, 0.3) is 0 Å². The molecule has 3 aromatic rings. The lowest BCUT2D eigenvalue weighted by molar-refractivity contribution is -0.139. The molecule has 0 heterocycles. The van der Waals surface area contributed by atoms with Crippen LogP contribution in [0.2, 0.25) is 10.0 Å². The average Bonchev–Trinajstić information content (AvgIpc) is 2.89. The molecule has 3 rings (SSSR count). The maximum atomic E-state index is 13.7. The molecule has 196 valence electrons. The van der Waals surface area contributed by atoms with Crippen LogP contribution in [0.5, 0.6) is 0 Å². The van der Waals surface area contributed by atoms with E-state index in [-0.39, 0.29) is 23.6 Å². The first-order valence-corrected chi connectivity index (χ1v) is 14.4. The summed E-state index contributed by atoms with van der Waals surface area (Å²) in [5.74, 6) is 0.649. The fourth-order valence-corrected chi connectivity index (χ4v) is 5.03. The zero-order chi connectivity index (χ0) is 26.8. The molecule has 0 saturated heterocycles. The van der Waals surface area contributed by atoms with Crippen LogP contribution in [0.3, 0.4) is 0 Å². The molecule has 0 fully saturated rings. The molecule has 0 aromatic heterocycles. The molecule has 0 bridgehead atoms. The summed E-state index contributed by atoms with van der Waals surface area (Å²) in [4.78, 5) is 29.0. The molecule has 1 N–H and O–H groups in total. The van der Waals surface area contributed by atoms with Crippen LogP contribution in [0.25, 0.3) is 0 Å². The van der Waals surface area contributed by atoms with E-state index in [2.05, 4.69) is 5.32 Å². The summed E-state index contributed by atoms with van der Waals surface area (Å²) in [5, 5.41) is 4.11. The third-order valence-corrected chi connectivity index (χ3v) is 7.95. The van der Waals surface area contributed by atoms with Crippen molar-refractivity contribution in [3.63, 3.8) is 0 Å². The van der Waals surface area contributed by atoms with E-state index in [4.69, 9.17) is 23.2 Å². The highest BCUT2D eigenvalue weighted by atomic mass is 35.5. The van der Waals surface area contributed by atoms with Crippen molar-refractivity contribution in [2.75, 3.05) is 5.75 Å². The maximum Gasteiger partial charge on any atom is 0.243 e. The minimum atomic E-state index is -0.629. The molecule has 2 amide bonds. The summed E-state index contributed by atoms with van der Waals surface area (Å²) in [7, 11) is 0. The first-order chi connectivity index (χ1) is 17.8. The molecule has 0 aliphatic heterocycles. The van der Waals surface area contributed by atoms with E-state index >= 15 is 0 Å². The monoisotopic (exact) mass is 556 g/mol. The van der Waals surface area contributed by atoms with Gasteiger partial charge >= 0.3 is 0 Å². The molecular weight excluding hydrogens is 523 g/mol. The first kappa shape index (κ1) is 29.1. The lowest BCUT2D eigenvalue weighted by atomic mass is 10.0. The standard InChI is InChI=1S/C30H34Cl2N2O2S/c1-4-22(3)33-30(36)28(17-23-8-6-5-7-9-23)34(18-24-12-10-21(2)11-13-24)29(35)20-37-19-25-14-15-26(31)27(32)16-25/h5-16,22,28H,4,17-20H2,1-3H3,(H,33,36)/t22-,28-/m0/s1. The highest BCUT2D eigenvalue weighted by molar-refractivity contribution is 7.99. The number of thioether (sulfide) groups is 1. The molecule has 0 aliphatic carbocycles. The summed E-state index contributed by atoms with van der Waals surface area (Å²) in [6, 6.07) is 22.8. The third-order valence-electron chi connectivity index (χ3n) is 6.22. The highest BCUT2D eigenvalue weighted by Crippen LogP contribution is 2.25. The number of benzene rings is 3. The van der Waals surface area contributed by atoms with Crippen LogP contribution < -0.4 is 5.32 Å². The molecular formula is C30H34Cl2N2O2S. The normalized spacial score (nSPS) is 12.6. The Kier molecular flexibility index (Phi) is 11.4. The molecule has 0 spiro atoms. The minimum absolute atomic E-state index is 0.0196. The number of amides is 2. The fourth-order valence-electron chi connectivity index (χ4n) is 3.85. The van der Waals surface area contributed by atoms with Crippen molar-refractivity contribution in [2.45, 2.75) is 58.0 Å². The first-order valence-electron chi connectivity index (χ1n) is 12.5. The molecule has 0 radical (unpaired) electrons. The molecule has 7 heteroatoms. The van der Waals surface area contributed by atoms with Crippen molar-refractivity contribution in [3.8, 4) is 0 Å². The van der Waals surface area contributed by atoms with Gasteiger partial charge in [0, 0.05) is 24.8 Å². The van der Waals surface area contributed by atoms with Gasteiger partial charge in [-0.2, -0.15) is 0 Å². The summed E-state index contributed by atoms with van der Waals surface area (Å²) in [5.41, 5.74) is 4.14. The summed E-state index contributed by atoms with van der Waals surface area (Å²) in [6.45, 7) is 6.41. The van der Waals surface area contributed by atoms with Gasteiger partial charge in [-0.25, -0.2) is 0 Å². The average molecular weight is 558 g/mol. The lowest BCUT2D eigenvalue weighted by Crippen LogP contribution is -2.52. The topological polar surface area (TPSA) is 49.4 Å². The molecule has 0 saturated carbocycles. The van der Waals surface area contributed by atoms with Crippen LogP contribution in [-0.2, 0) is 28.3 Å². The van der Waals surface area contributed by atoms with Crippen LogP contribution in [0, 0.1) is 6.92 Å². The second-order valence-corrected chi connectivity index (χ2v) is 11.1. The molecule has 0 aliphatic rings. The Morgan fingerprint density at radius 1 is 0.919 bits per heavy atom. The van der Waals surface area contributed by atoms with Crippen LogP contribution in [0.1, 0.15) is 42.5 Å². The van der Waals surface area contributed by atoms with Crippen LogP contribution in [0.15, 0.2) is 72.8 Å².